The van der Waals surface area contributed by atoms with Crippen molar-refractivity contribution in [3.8, 4) is 0 Å². The molecule has 1 N–H and O–H groups in total. The van der Waals surface area contributed by atoms with Gasteiger partial charge in [-0.3, -0.25) is 0 Å². The van der Waals surface area contributed by atoms with E-state index in [-0.39, 0.29) is 13.2 Å². The Morgan fingerprint density at radius 1 is 1.54 bits per heavy atom. The molecule has 0 bridgehead atoms. The van der Waals surface area contributed by atoms with Crippen LogP contribution in [0.5, 0.6) is 0 Å². The highest BCUT2D eigenvalue weighted by molar-refractivity contribution is 5.86. The minimum atomic E-state index is -0.761. The molecule has 0 fully saturated rings. The second-order valence-corrected chi connectivity index (χ2v) is 2.69. The standard InChI is InChI=1S/C9H16O4/c1-4-12-5-8(10)6-13-9(11)7(2)3/h8,10H,2,4-6H2,1,3H3. The van der Waals surface area contributed by atoms with E-state index < -0.39 is 12.1 Å². The topological polar surface area (TPSA) is 55.8 Å². The molecule has 0 aromatic heterocycles. The van der Waals surface area contributed by atoms with Crippen molar-refractivity contribution in [2.45, 2.75) is 20.0 Å². The molecule has 0 saturated heterocycles. The summed E-state index contributed by atoms with van der Waals surface area (Å²) in [6, 6.07) is 0. The molecule has 0 aliphatic carbocycles. The summed E-state index contributed by atoms with van der Waals surface area (Å²) in [5, 5.41) is 9.18. The van der Waals surface area contributed by atoms with Gasteiger partial charge in [-0.1, -0.05) is 6.58 Å². The lowest BCUT2D eigenvalue weighted by Crippen LogP contribution is -2.23. The summed E-state index contributed by atoms with van der Waals surface area (Å²) in [7, 11) is 0. The number of aliphatic hydroxyl groups excluding tert-OH is 1. The molecule has 0 spiro atoms. The number of carbonyl (C=O) groups excluding carboxylic acids is 1. The van der Waals surface area contributed by atoms with Crippen molar-refractivity contribution in [1.82, 2.24) is 0 Å². The van der Waals surface area contributed by atoms with E-state index in [9.17, 15) is 9.90 Å². The highest BCUT2D eigenvalue weighted by atomic mass is 16.5. The van der Waals surface area contributed by atoms with Crippen LogP contribution in [0.25, 0.3) is 0 Å². The van der Waals surface area contributed by atoms with Crippen LogP contribution in [0.4, 0.5) is 0 Å². The smallest absolute Gasteiger partial charge is 0.333 e. The molecule has 4 heteroatoms. The van der Waals surface area contributed by atoms with Crippen molar-refractivity contribution in [3.05, 3.63) is 12.2 Å². The van der Waals surface area contributed by atoms with E-state index in [1.54, 1.807) is 6.92 Å². The van der Waals surface area contributed by atoms with E-state index in [0.717, 1.165) is 0 Å². The molecule has 4 nitrogen and oxygen atoms in total. The minimum absolute atomic E-state index is 0.0499. The van der Waals surface area contributed by atoms with Crippen LogP contribution in [-0.2, 0) is 14.3 Å². The molecule has 0 radical (unpaired) electrons. The van der Waals surface area contributed by atoms with Crippen LogP contribution >= 0.6 is 0 Å². The van der Waals surface area contributed by atoms with Crippen molar-refractivity contribution in [3.63, 3.8) is 0 Å². The van der Waals surface area contributed by atoms with Gasteiger partial charge >= 0.3 is 5.97 Å². The van der Waals surface area contributed by atoms with Crippen LogP contribution in [0, 0.1) is 0 Å². The predicted molar refractivity (Wildman–Crippen MR) is 48.3 cm³/mol. The average Bonchev–Trinajstić information content (AvgIpc) is 2.10. The molecule has 0 heterocycles. The Hall–Kier alpha value is -0.870. The summed E-state index contributed by atoms with van der Waals surface area (Å²) < 4.78 is 9.62. The van der Waals surface area contributed by atoms with Gasteiger partial charge in [-0.25, -0.2) is 4.79 Å². The van der Waals surface area contributed by atoms with Crippen molar-refractivity contribution in [2.75, 3.05) is 19.8 Å². The molecule has 0 amide bonds. The number of rotatable bonds is 6. The Morgan fingerprint density at radius 2 is 2.15 bits per heavy atom. The summed E-state index contributed by atoms with van der Waals surface area (Å²) in [6.45, 7) is 7.45. The van der Waals surface area contributed by atoms with Crippen molar-refractivity contribution in [1.29, 1.82) is 0 Å². The molecule has 0 rings (SSSR count). The van der Waals surface area contributed by atoms with Crippen LogP contribution in [0.1, 0.15) is 13.8 Å². The summed E-state index contributed by atoms with van der Waals surface area (Å²) in [6.07, 6.45) is -0.761. The quantitative estimate of drug-likeness (QED) is 0.487. The lowest BCUT2D eigenvalue weighted by atomic mass is 10.3. The third kappa shape index (κ3) is 6.31. The summed E-state index contributed by atoms with van der Waals surface area (Å²) in [5.74, 6) is -0.490. The van der Waals surface area contributed by atoms with Crippen LogP contribution in [0.15, 0.2) is 12.2 Å². The molecule has 1 atom stereocenters. The van der Waals surface area contributed by atoms with E-state index >= 15 is 0 Å². The zero-order chi connectivity index (χ0) is 10.3. The fourth-order valence-electron chi connectivity index (χ4n) is 0.597. The Kier molecular flexibility index (Phi) is 6.18. The van der Waals surface area contributed by atoms with Gasteiger partial charge in [-0.2, -0.15) is 0 Å². The van der Waals surface area contributed by atoms with Gasteiger partial charge in [0.1, 0.15) is 12.7 Å². The molecule has 76 valence electrons. The maximum Gasteiger partial charge on any atom is 0.333 e. The van der Waals surface area contributed by atoms with E-state index in [4.69, 9.17) is 9.47 Å². The Balaban J connectivity index is 3.51. The first kappa shape index (κ1) is 12.1. The van der Waals surface area contributed by atoms with Gasteiger partial charge in [0, 0.05) is 12.2 Å². The molecule has 0 aliphatic heterocycles. The number of ether oxygens (including phenoxy) is 2. The SMILES string of the molecule is C=C(C)C(=O)OCC(O)COCC. The molecule has 0 aromatic rings. The number of esters is 1. The minimum Gasteiger partial charge on any atom is -0.460 e. The van der Waals surface area contributed by atoms with Gasteiger partial charge in [0.25, 0.3) is 0 Å². The van der Waals surface area contributed by atoms with E-state index in [1.807, 2.05) is 6.92 Å². The van der Waals surface area contributed by atoms with Crippen LogP contribution in [0.3, 0.4) is 0 Å². The fourth-order valence-corrected chi connectivity index (χ4v) is 0.597. The molecule has 1 unspecified atom stereocenters. The highest BCUT2D eigenvalue weighted by Gasteiger charge is 2.08. The monoisotopic (exact) mass is 188 g/mol. The zero-order valence-corrected chi connectivity index (χ0v) is 8.08. The van der Waals surface area contributed by atoms with Gasteiger partial charge in [-0.15, -0.1) is 0 Å². The molecule has 13 heavy (non-hydrogen) atoms. The van der Waals surface area contributed by atoms with Gasteiger partial charge in [0.15, 0.2) is 0 Å². The van der Waals surface area contributed by atoms with Crippen LogP contribution in [-0.4, -0.2) is 37.0 Å². The first-order valence-corrected chi connectivity index (χ1v) is 4.16. The normalized spacial score (nSPS) is 12.2. The lowest BCUT2D eigenvalue weighted by molar-refractivity contribution is -0.143. The first-order valence-electron chi connectivity index (χ1n) is 4.16. The number of carbonyl (C=O) groups is 1. The number of hydrogen-bond acceptors (Lipinski definition) is 4. The van der Waals surface area contributed by atoms with Gasteiger partial charge in [0.05, 0.1) is 6.61 Å². The van der Waals surface area contributed by atoms with Crippen LogP contribution < -0.4 is 0 Å². The maximum absolute atomic E-state index is 10.8. The van der Waals surface area contributed by atoms with Gasteiger partial charge in [-0.05, 0) is 13.8 Å². The van der Waals surface area contributed by atoms with Crippen molar-refractivity contribution < 1.29 is 19.4 Å². The average molecular weight is 188 g/mol. The molecule has 0 aliphatic rings. The molecule has 0 aromatic carbocycles. The predicted octanol–water partition coefficient (Wildman–Crippen LogP) is 0.503. The van der Waals surface area contributed by atoms with Gasteiger partial charge in [0.2, 0.25) is 0 Å². The van der Waals surface area contributed by atoms with Crippen molar-refractivity contribution in [2.24, 2.45) is 0 Å². The van der Waals surface area contributed by atoms with Crippen LogP contribution in [0.2, 0.25) is 0 Å². The number of aliphatic hydroxyl groups is 1. The van der Waals surface area contributed by atoms with E-state index in [2.05, 4.69) is 6.58 Å². The van der Waals surface area contributed by atoms with Crippen molar-refractivity contribution >= 4 is 5.97 Å². The number of hydrogen-bond donors (Lipinski definition) is 1. The summed E-state index contributed by atoms with van der Waals surface area (Å²) in [4.78, 5) is 10.8. The molecule has 0 saturated carbocycles. The molecular weight excluding hydrogens is 172 g/mol. The molecular formula is C9H16O4. The van der Waals surface area contributed by atoms with E-state index in [0.29, 0.717) is 12.2 Å². The summed E-state index contributed by atoms with van der Waals surface area (Å²) in [5.41, 5.74) is 0.323. The summed E-state index contributed by atoms with van der Waals surface area (Å²) >= 11 is 0. The van der Waals surface area contributed by atoms with Gasteiger partial charge < -0.3 is 14.6 Å². The second kappa shape index (κ2) is 6.62. The first-order chi connectivity index (χ1) is 6.07. The lowest BCUT2D eigenvalue weighted by Gasteiger charge is -2.10. The Bertz CT molecular complexity index is 176. The highest BCUT2D eigenvalue weighted by Crippen LogP contribution is 1.94. The zero-order valence-electron chi connectivity index (χ0n) is 8.08. The Labute approximate surface area is 78.2 Å². The second-order valence-electron chi connectivity index (χ2n) is 2.69. The maximum atomic E-state index is 10.8. The van der Waals surface area contributed by atoms with E-state index in [1.165, 1.54) is 0 Å². The third-order valence-electron chi connectivity index (χ3n) is 1.27. The third-order valence-corrected chi connectivity index (χ3v) is 1.27. The largest absolute Gasteiger partial charge is 0.460 e. The fraction of sp³-hybridized carbons (Fsp3) is 0.667. The Morgan fingerprint density at radius 3 is 2.62 bits per heavy atom.